The van der Waals surface area contributed by atoms with Crippen molar-refractivity contribution in [2.75, 3.05) is 0 Å². The molecule has 0 amide bonds. The van der Waals surface area contributed by atoms with Crippen molar-refractivity contribution < 1.29 is 83.4 Å². The molecular weight excluding hydrogens is 481 g/mol. The smallest absolute Gasteiger partial charge is 0.231 e. The summed E-state index contributed by atoms with van der Waals surface area (Å²) in [6, 6.07) is 0. The van der Waals surface area contributed by atoms with Crippen LogP contribution in [0.3, 0.4) is 0 Å². The third kappa shape index (κ3) is 3.25. The normalized spacial score (nSPS) is 18.6. The molecule has 0 heterocycles. The van der Waals surface area contributed by atoms with Gasteiger partial charge in [-0.05, 0) is 6.92 Å². The molecule has 29 heavy (non-hydrogen) atoms. The standard InChI is InChI=1S/C10H3F19/c1-2(11,6(15,16)17)3(12,4(13,7(18,19)20)8(21,22)23)5(14,9(24,25)26)10(27,28)29/h1H3. The number of alkyl halides is 19. The zero-order valence-corrected chi connectivity index (χ0v) is 12.7. The molecular formula is C10H3F19. The fourth-order valence-electron chi connectivity index (χ4n) is 2.18. The van der Waals surface area contributed by atoms with Gasteiger partial charge in [-0.2, -0.15) is 65.9 Å². The Morgan fingerprint density at radius 1 is 0.276 bits per heavy atom. The Morgan fingerprint density at radius 2 is 0.448 bits per heavy atom. The van der Waals surface area contributed by atoms with Gasteiger partial charge >= 0.3 is 42.2 Å². The van der Waals surface area contributed by atoms with E-state index < -0.39 is 60.5 Å². The van der Waals surface area contributed by atoms with E-state index in [4.69, 9.17) is 0 Å². The lowest BCUT2D eigenvalue weighted by Gasteiger charge is -2.52. The molecule has 0 aromatic heterocycles. The van der Waals surface area contributed by atoms with Gasteiger partial charge in [-0.15, -0.1) is 0 Å². The molecule has 0 aliphatic carbocycles. The highest BCUT2D eigenvalue weighted by molar-refractivity contribution is 5.30. The minimum Gasteiger partial charge on any atom is -0.231 e. The molecule has 0 nitrogen and oxygen atoms in total. The molecule has 0 fully saturated rings. The largest absolute Gasteiger partial charge is 0.435 e. The monoisotopic (exact) mass is 484 g/mol. The summed E-state index contributed by atoms with van der Waals surface area (Å²) < 4.78 is 244. The van der Waals surface area contributed by atoms with Crippen LogP contribution in [0.15, 0.2) is 0 Å². The van der Waals surface area contributed by atoms with Crippen LogP contribution in [0.25, 0.3) is 0 Å². The maximum atomic E-state index is 14.4. The number of hydrogen-bond donors (Lipinski definition) is 0. The first kappa shape index (κ1) is 27.7. The fourth-order valence-corrected chi connectivity index (χ4v) is 2.18. The molecule has 0 spiro atoms. The summed E-state index contributed by atoms with van der Waals surface area (Å²) in [5.74, 6) is 0. The van der Waals surface area contributed by atoms with Crippen LogP contribution in [0.1, 0.15) is 6.92 Å². The molecule has 0 saturated heterocycles. The summed E-state index contributed by atoms with van der Waals surface area (Å²) in [6.07, 6.45) is -41.9. The van der Waals surface area contributed by atoms with Crippen LogP contribution in [0.4, 0.5) is 83.4 Å². The van der Waals surface area contributed by atoms with Gasteiger partial charge in [-0.1, -0.05) is 0 Å². The molecule has 19 heteroatoms. The SMILES string of the molecule is CC(F)(C(F)(F)F)C(F)(C(F)(C(F)(F)F)C(F)(F)F)C(F)(C(F)(F)F)C(F)(F)F. The summed E-state index contributed by atoms with van der Waals surface area (Å²) in [5.41, 5.74) is -34.8. The van der Waals surface area contributed by atoms with Gasteiger partial charge in [0, 0.05) is 0 Å². The van der Waals surface area contributed by atoms with Gasteiger partial charge in [0.25, 0.3) is 5.67 Å². The topological polar surface area (TPSA) is 0 Å². The molecule has 0 aromatic rings. The average molecular weight is 484 g/mol. The highest BCUT2D eigenvalue weighted by Crippen LogP contribution is 2.70. The van der Waals surface area contributed by atoms with Crippen molar-refractivity contribution in [3.63, 3.8) is 0 Å². The predicted molar refractivity (Wildman–Crippen MR) is 51.3 cm³/mol. The number of hydrogen-bond acceptors (Lipinski definition) is 0. The van der Waals surface area contributed by atoms with Gasteiger partial charge in [0.15, 0.2) is 0 Å². The van der Waals surface area contributed by atoms with E-state index in [0.29, 0.717) is 0 Å². The van der Waals surface area contributed by atoms with Crippen molar-refractivity contribution >= 4 is 0 Å². The van der Waals surface area contributed by atoms with Gasteiger partial charge in [0.2, 0.25) is 5.67 Å². The minimum atomic E-state index is -9.10. The summed E-state index contributed by atoms with van der Waals surface area (Å²) in [6.45, 7) is -2.08. The Kier molecular flexibility index (Phi) is 6.04. The average Bonchev–Trinajstić information content (AvgIpc) is 2.37. The molecule has 0 aliphatic heterocycles. The Morgan fingerprint density at radius 3 is 0.552 bits per heavy atom. The van der Waals surface area contributed by atoms with Crippen LogP contribution in [0.5, 0.6) is 0 Å². The van der Waals surface area contributed by atoms with E-state index in [0.717, 1.165) is 0 Å². The van der Waals surface area contributed by atoms with Gasteiger partial charge in [-0.25, -0.2) is 17.6 Å². The zero-order valence-electron chi connectivity index (χ0n) is 12.7. The quantitative estimate of drug-likeness (QED) is 0.394. The van der Waals surface area contributed by atoms with E-state index in [2.05, 4.69) is 0 Å². The lowest BCUT2D eigenvalue weighted by Crippen LogP contribution is -2.86. The third-order valence-corrected chi connectivity index (χ3v) is 3.69. The number of rotatable bonds is 3. The molecule has 0 N–H and O–H groups in total. The van der Waals surface area contributed by atoms with E-state index in [9.17, 15) is 83.4 Å². The minimum absolute atomic E-state index is 2.08. The summed E-state index contributed by atoms with van der Waals surface area (Å²) in [4.78, 5) is 0. The van der Waals surface area contributed by atoms with Gasteiger partial charge < -0.3 is 0 Å². The second-order valence-corrected chi connectivity index (χ2v) is 5.47. The Balaban J connectivity index is 8.14. The van der Waals surface area contributed by atoms with Crippen LogP contribution in [-0.2, 0) is 0 Å². The molecule has 0 bridgehead atoms. The van der Waals surface area contributed by atoms with Gasteiger partial charge in [0.1, 0.15) is 0 Å². The maximum absolute atomic E-state index is 14.4. The second kappa shape index (κ2) is 6.34. The van der Waals surface area contributed by atoms with Crippen LogP contribution in [0.2, 0.25) is 0 Å². The van der Waals surface area contributed by atoms with Crippen molar-refractivity contribution in [3.8, 4) is 0 Å². The molecule has 0 saturated carbocycles. The van der Waals surface area contributed by atoms with E-state index in [1.807, 2.05) is 0 Å². The first-order valence-electron chi connectivity index (χ1n) is 6.09. The van der Waals surface area contributed by atoms with E-state index in [1.165, 1.54) is 0 Å². The van der Waals surface area contributed by atoms with Crippen LogP contribution < -0.4 is 0 Å². The van der Waals surface area contributed by atoms with Gasteiger partial charge in [-0.3, -0.25) is 0 Å². The van der Waals surface area contributed by atoms with Crippen molar-refractivity contribution in [2.24, 2.45) is 0 Å². The van der Waals surface area contributed by atoms with Crippen LogP contribution in [0, 0.1) is 0 Å². The molecule has 1 atom stereocenters. The van der Waals surface area contributed by atoms with Crippen LogP contribution in [-0.4, -0.2) is 53.6 Å². The zero-order chi connectivity index (χ0) is 24.5. The summed E-state index contributed by atoms with van der Waals surface area (Å²) in [5, 5.41) is 0. The lowest BCUT2D eigenvalue weighted by molar-refractivity contribution is -0.473. The van der Waals surface area contributed by atoms with E-state index >= 15 is 0 Å². The molecule has 0 aliphatic rings. The summed E-state index contributed by atoms with van der Waals surface area (Å²) in [7, 11) is 0. The van der Waals surface area contributed by atoms with E-state index in [-0.39, 0.29) is 0 Å². The van der Waals surface area contributed by atoms with Crippen LogP contribution >= 0.6 is 0 Å². The Labute approximate surface area is 145 Å². The van der Waals surface area contributed by atoms with Crippen molar-refractivity contribution in [1.82, 2.24) is 0 Å². The van der Waals surface area contributed by atoms with Crippen molar-refractivity contribution in [1.29, 1.82) is 0 Å². The Bertz CT molecular complexity index is 525. The Hall–Kier alpha value is -1.33. The number of halogens is 19. The third-order valence-electron chi connectivity index (χ3n) is 3.69. The fraction of sp³-hybridized carbons (Fsp3) is 1.00. The molecule has 0 radical (unpaired) electrons. The molecule has 1 unspecified atom stereocenters. The first-order valence-corrected chi connectivity index (χ1v) is 6.09. The molecule has 176 valence electrons. The van der Waals surface area contributed by atoms with E-state index in [1.54, 1.807) is 0 Å². The molecule has 0 aromatic carbocycles. The molecule has 0 rings (SSSR count). The van der Waals surface area contributed by atoms with Crippen molar-refractivity contribution in [3.05, 3.63) is 0 Å². The van der Waals surface area contributed by atoms with Gasteiger partial charge in [0.05, 0.1) is 0 Å². The highest BCUT2D eigenvalue weighted by Gasteiger charge is 3.02. The summed E-state index contributed by atoms with van der Waals surface area (Å²) >= 11 is 0. The second-order valence-electron chi connectivity index (χ2n) is 5.47. The highest BCUT2D eigenvalue weighted by atomic mass is 19.4. The predicted octanol–water partition coefficient (Wildman–Crippen LogP) is 6.65. The first-order chi connectivity index (χ1) is 12.0. The van der Waals surface area contributed by atoms with Crippen molar-refractivity contribution in [2.45, 2.75) is 60.5 Å². The lowest BCUT2D eigenvalue weighted by atomic mass is 9.63. The maximum Gasteiger partial charge on any atom is 0.435 e.